The summed E-state index contributed by atoms with van der Waals surface area (Å²) in [6, 6.07) is 12.4. The minimum Gasteiger partial charge on any atom is -0.480 e. The fraction of sp³-hybridized carbons (Fsp3) is 0.435. The highest BCUT2D eigenvalue weighted by atomic mass is 35.5. The molecular weight excluding hydrogens is 434 g/mol. The van der Waals surface area contributed by atoms with Gasteiger partial charge in [0, 0.05) is 23.2 Å². The van der Waals surface area contributed by atoms with Crippen LogP contribution in [0.2, 0.25) is 11.3 Å². The molecule has 0 radical (unpaired) electrons. The Labute approximate surface area is 192 Å². The third-order valence-corrected chi connectivity index (χ3v) is 6.63. The molecule has 172 valence electrons. The van der Waals surface area contributed by atoms with E-state index in [1.807, 2.05) is 18.2 Å². The second kappa shape index (κ2) is 10.8. The number of unbranched alkanes of at least 4 members (excludes halogenated alkanes) is 1. The Balaban J connectivity index is 1.50. The summed E-state index contributed by atoms with van der Waals surface area (Å²) in [5.41, 5.74) is 7.09. The number of hydrogen-bond acceptors (Lipinski definition) is 5. The number of aliphatic carboxylic acids is 1. The average molecular weight is 463 g/mol. The zero-order valence-corrected chi connectivity index (χ0v) is 18.6. The second-order valence-corrected chi connectivity index (χ2v) is 9.07. The number of halogens is 2. The van der Waals surface area contributed by atoms with Crippen molar-refractivity contribution in [2.24, 2.45) is 11.7 Å². The molecule has 0 heterocycles. The number of nitrogens with one attached hydrogen (secondary N) is 1. The van der Waals surface area contributed by atoms with Crippen LogP contribution in [0.15, 0.2) is 42.5 Å². The quantitative estimate of drug-likeness (QED) is 0.258. The van der Waals surface area contributed by atoms with Gasteiger partial charge in [-0.3, -0.25) is 4.79 Å². The smallest absolute Gasteiger partial charge is 0.451 e. The van der Waals surface area contributed by atoms with Crippen molar-refractivity contribution in [3.05, 3.63) is 58.9 Å². The van der Waals surface area contributed by atoms with Crippen LogP contribution in [-0.2, 0) is 11.3 Å². The van der Waals surface area contributed by atoms with Crippen molar-refractivity contribution in [3.8, 4) is 11.1 Å². The molecule has 0 spiro atoms. The molecular formula is C23H29BClFN2O4. The Bertz CT molecular complexity index is 925. The standard InChI is InChI=1S/C23H29BClFN2O4/c25-19-7-5-15(6-8-19)16-3-4-17(21(26)11-16)14-28-20-12-18(13-20)23(27,22(29)30)9-1-2-10-24(31)32/h3-8,11,18,20,28,31-32H,1-2,9-10,12-14,27H2,(H,29,30). The van der Waals surface area contributed by atoms with Crippen molar-refractivity contribution >= 4 is 24.7 Å². The van der Waals surface area contributed by atoms with Gasteiger partial charge < -0.3 is 26.2 Å². The Morgan fingerprint density at radius 1 is 1.16 bits per heavy atom. The molecule has 3 rings (SSSR count). The van der Waals surface area contributed by atoms with Gasteiger partial charge in [-0.1, -0.05) is 48.7 Å². The van der Waals surface area contributed by atoms with Crippen LogP contribution in [0, 0.1) is 11.7 Å². The predicted octanol–water partition coefficient (Wildman–Crippen LogP) is 3.44. The molecule has 9 heteroatoms. The van der Waals surface area contributed by atoms with Gasteiger partial charge in [-0.15, -0.1) is 0 Å². The van der Waals surface area contributed by atoms with Crippen molar-refractivity contribution in [2.75, 3.05) is 0 Å². The summed E-state index contributed by atoms with van der Waals surface area (Å²) in [7, 11) is -1.38. The Morgan fingerprint density at radius 2 is 1.81 bits per heavy atom. The largest absolute Gasteiger partial charge is 0.480 e. The monoisotopic (exact) mass is 462 g/mol. The molecule has 2 aromatic rings. The molecule has 0 bridgehead atoms. The van der Waals surface area contributed by atoms with Crippen LogP contribution < -0.4 is 11.1 Å². The van der Waals surface area contributed by atoms with Crippen molar-refractivity contribution in [1.29, 1.82) is 0 Å². The maximum atomic E-state index is 14.6. The molecule has 1 aliphatic rings. The molecule has 0 amide bonds. The minimum atomic E-state index is -1.38. The van der Waals surface area contributed by atoms with Crippen molar-refractivity contribution in [3.63, 3.8) is 0 Å². The topological polar surface area (TPSA) is 116 Å². The van der Waals surface area contributed by atoms with E-state index in [1.54, 1.807) is 18.2 Å². The summed E-state index contributed by atoms with van der Waals surface area (Å²) >= 11 is 5.90. The van der Waals surface area contributed by atoms with Gasteiger partial charge in [0.05, 0.1) is 0 Å². The summed E-state index contributed by atoms with van der Waals surface area (Å²) in [6.45, 7) is 0.350. The van der Waals surface area contributed by atoms with Gasteiger partial charge in [-0.25, -0.2) is 4.39 Å². The second-order valence-electron chi connectivity index (χ2n) is 8.63. The van der Waals surface area contributed by atoms with E-state index in [9.17, 15) is 14.3 Å². The highest BCUT2D eigenvalue weighted by Crippen LogP contribution is 2.38. The fourth-order valence-corrected chi connectivity index (χ4v) is 4.33. The first-order chi connectivity index (χ1) is 15.2. The highest BCUT2D eigenvalue weighted by Gasteiger charge is 2.48. The van der Waals surface area contributed by atoms with Crippen molar-refractivity contribution in [1.82, 2.24) is 5.32 Å². The van der Waals surface area contributed by atoms with Gasteiger partial charge in [0.2, 0.25) is 0 Å². The van der Waals surface area contributed by atoms with Crippen LogP contribution in [-0.4, -0.2) is 39.8 Å². The zero-order valence-electron chi connectivity index (χ0n) is 17.8. The average Bonchev–Trinajstić information content (AvgIpc) is 2.71. The van der Waals surface area contributed by atoms with E-state index in [-0.39, 0.29) is 30.5 Å². The predicted molar refractivity (Wildman–Crippen MR) is 124 cm³/mol. The molecule has 2 aromatic carbocycles. The fourth-order valence-electron chi connectivity index (χ4n) is 4.20. The lowest BCUT2D eigenvalue weighted by Gasteiger charge is -2.45. The number of rotatable bonds is 11. The van der Waals surface area contributed by atoms with Gasteiger partial charge in [0.1, 0.15) is 11.4 Å². The Kier molecular flexibility index (Phi) is 8.30. The summed E-state index contributed by atoms with van der Waals surface area (Å²) in [6.07, 6.45) is 2.72. The van der Waals surface area contributed by atoms with Crippen molar-refractivity contribution in [2.45, 2.75) is 56.5 Å². The highest BCUT2D eigenvalue weighted by molar-refractivity contribution is 6.40. The molecule has 1 atom stereocenters. The van der Waals surface area contributed by atoms with E-state index < -0.39 is 18.6 Å². The molecule has 6 nitrogen and oxygen atoms in total. The summed E-state index contributed by atoms with van der Waals surface area (Å²) < 4.78 is 14.6. The van der Waals surface area contributed by atoms with Gasteiger partial charge in [-0.05, 0) is 60.8 Å². The maximum absolute atomic E-state index is 14.6. The van der Waals surface area contributed by atoms with Gasteiger partial charge in [0.15, 0.2) is 0 Å². The SMILES string of the molecule is NC(CCCCB(O)O)(C(=O)O)C1CC(NCc2ccc(-c3ccc(Cl)cc3)cc2F)C1. The molecule has 0 aromatic heterocycles. The lowest BCUT2D eigenvalue weighted by molar-refractivity contribution is -0.148. The van der Waals surface area contributed by atoms with Gasteiger partial charge >= 0.3 is 13.1 Å². The zero-order chi connectivity index (χ0) is 23.3. The van der Waals surface area contributed by atoms with E-state index in [1.165, 1.54) is 6.07 Å². The van der Waals surface area contributed by atoms with Crippen LogP contribution in [0.25, 0.3) is 11.1 Å². The third kappa shape index (κ3) is 6.08. The first kappa shape index (κ1) is 24.7. The van der Waals surface area contributed by atoms with E-state index in [2.05, 4.69) is 5.32 Å². The molecule has 6 N–H and O–H groups in total. The van der Waals surface area contributed by atoms with E-state index in [4.69, 9.17) is 27.4 Å². The van der Waals surface area contributed by atoms with Crippen LogP contribution in [0.5, 0.6) is 0 Å². The minimum absolute atomic E-state index is 0.0804. The molecule has 1 fully saturated rings. The van der Waals surface area contributed by atoms with Crippen LogP contribution in [0.3, 0.4) is 0 Å². The van der Waals surface area contributed by atoms with Gasteiger partial charge in [-0.2, -0.15) is 0 Å². The van der Waals surface area contributed by atoms with E-state index in [0.29, 0.717) is 42.8 Å². The van der Waals surface area contributed by atoms with Crippen LogP contribution in [0.1, 0.15) is 37.7 Å². The van der Waals surface area contributed by atoms with Crippen LogP contribution >= 0.6 is 11.6 Å². The summed E-state index contributed by atoms with van der Waals surface area (Å²) in [5.74, 6) is -1.51. The lowest BCUT2D eigenvalue weighted by atomic mass is 9.66. The Morgan fingerprint density at radius 3 is 2.41 bits per heavy atom. The number of hydrogen-bond donors (Lipinski definition) is 5. The molecule has 1 saturated carbocycles. The molecule has 1 aliphatic carbocycles. The normalized spacial score (nSPS) is 19.8. The summed E-state index contributed by atoms with van der Waals surface area (Å²) in [4.78, 5) is 11.8. The third-order valence-electron chi connectivity index (χ3n) is 6.38. The lowest BCUT2D eigenvalue weighted by Crippen LogP contribution is -2.61. The van der Waals surface area contributed by atoms with Crippen LogP contribution in [0.4, 0.5) is 4.39 Å². The number of carboxylic acid groups (broad SMARTS) is 1. The number of carboxylic acids is 1. The van der Waals surface area contributed by atoms with Crippen molar-refractivity contribution < 1.29 is 24.3 Å². The molecule has 0 saturated heterocycles. The first-order valence-corrected chi connectivity index (χ1v) is 11.2. The molecule has 32 heavy (non-hydrogen) atoms. The number of benzene rings is 2. The molecule has 0 aliphatic heterocycles. The maximum Gasteiger partial charge on any atom is 0.451 e. The molecule has 1 unspecified atom stereocenters. The van der Waals surface area contributed by atoms with Gasteiger partial charge in [0.25, 0.3) is 0 Å². The number of nitrogens with two attached hydrogens (primary N) is 1. The Hall–Kier alpha value is -1.97. The summed E-state index contributed by atoms with van der Waals surface area (Å²) in [5, 5.41) is 31.4. The van der Waals surface area contributed by atoms with E-state index in [0.717, 1.165) is 11.1 Å². The number of carbonyl (C=O) groups is 1. The first-order valence-electron chi connectivity index (χ1n) is 10.8. The van der Waals surface area contributed by atoms with E-state index >= 15 is 0 Å².